The van der Waals surface area contributed by atoms with Crippen molar-refractivity contribution in [2.45, 2.75) is 0 Å². The Morgan fingerprint density at radius 1 is 1.24 bits per heavy atom. The molecule has 7 heteroatoms. The first-order valence-corrected chi connectivity index (χ1v) is 8.24. The van der Waals surface area contributed by atoms with Gasteiger partial charge in [0.2, 0.25) is 0 Å². The summed E-state index contributed by atoms with van der Waals surface area (Å²) in [4.78, 5) is 12.1. The fraction of sp³-hybridized carbons (Fsp3) is 0.0556. The zero-order valence-electron chi connectivity index (χ0n) is 13.4. The number of hydrazone groups is 1. The van der Waals surface area contributed by atoms with Crippen LogP contribution in [0.5, 0.6) is 5.75 Å². The second-order valence-corrected chi connectivity index (χ2v) is 5.97. The first-order valence-electron chi connectivity index (χ1n) is 7.45. The van der Waals surface area contributed by atoms with Gasteiger partial charge in [0.1, 0.15) is 11.4 Å². The van der Waals surface area contributed by atoms with E-state index < -0.39 is 0 Å². The second kappa shape index (κ2) is 7.76. The molecule has 126 valence electrons. The van der Waals surface area contributed by atoms with Crippen molar-refractivity contribution >= 4 is 28.1 Å². The number of carbonyl (C=O) groups excluding carboxylic acids is 1. The van der Waals surface area contributed by atoms with E-state index in [-0.39, 0.29) is 5.91 Å². The summed E-state index contributed by atoms with van der Waals surface area (Å²) in [6, 6.07) is 16.7. The number of nitrogens with one attached hydrogen (secondary N) is 2. The molecule has 0 radical (unpaired) electrons. The molecule has 0 aliphatic carbocycles. The van der Waals surface area contributed by atoms with E-state index in [1.165, 1.54) is 0 Å². The van der Waals surface area contributed by atoms with Crippen molar-refractivity contribution in [2.75, 3.05) is 7.11 Å². The Morgan fingerprint density at radius 3 is 2.72 bits per heavy atom. The van der Waals surface area contributed by atoms with Gasteiger partial charge >= 0.3 is 0 Å². The number of hydrogen-bond donors (Lipinski definition) is 2. The third-order valence-corrected chi connectivity index (χ3v) is 4.16. The average Bonchev–Trinajstić information content (AvgIpc) is 3.12. The van der Waals surface area contributed by atoms with Crippen LogP contribution in [0.4, 0.5) is 0 Å². The molecule has 0 saturated carbocycles. The van der Waals surface area contributed by atoms with Crippen molar-refractivity contribution in [3.8, 4) is 17.0 Å². The van der Waals surface area contributed by atoms with Crippen molar-refractivity contribution < 1.29 is 9.53 Å². The van der Waals surface area contributed by atoms with Crippen LogP contribution in [0.25, 0.3) is 11.3 Å². The molecule has 0 bridgehead atoms. The maximum Gasteiger partial charge on any atom is 0.289 e. The molecule has 6 nitrogen and oxygen atoms in total. The molecule has 1 heterocycles. The van der Waals surface area contributed by atoms with Gasteiger partial charge in [-0.2, -0.15) is 10.2 Å². The molecular formula is C18H15BrN4O2. The molecule has 0 aliphatic rings. The van der Waals surface area contributed by atoms with Crippen LogP contribution >= 0.6 is 15.9 Å². The van der Waals surface area contributed by atoms with Crippen LogP contribution in [0.2, 0.25) is 0 Å². The number of hydrogen-bond acceptors (Lipinski definition) is 4. The zero-order chi connectivity index (χ0) is 17.6. The largest absolute Gasteiger partial charge is 0.497 e. The molecule has 3 aromatic rings. The normalized spacial score (nSPS) is 10.8. The number of rotatable bonds is 5. The number of benzene rings is 2. The minimum absolute atomic E-state index is 0.331. The standard InChI is InChI=1S/C18H15BrN4O2/c1-25-13-8-6-12(7-9-13)11-20-23-18(24)17-10-16(21-22-17)14-4-2-3-5-15(14)19/h2-11H,1H3,(H,21,22)(H,23,24). The number of halogens is 1. The van der Waals surface area contributed by atoms with Gasteiger partial charge in [-0.25, -0.2) is 5.43 Å². The number of aromatic nitrogens is 2. The molecule has 3 rings (SSSR count). The molecule has 0 fully saturated rings. The van der Waals surface area contributed by atoms with Crippen molar-refractivity contribution in [1.29, 1.82) is 0 Å². The van der Waals surface area contributed by atoms with Crippen LogP contribution in [0.15, 0.2) is 64.2 Å². The molecular weight excluding hydrogens is 384 g/mol. The van der Waals surface area contributed by atoms with E-state index in [0.717, 1.165) is 21.3 Å². The van der Waals surface area contributed by atoms with E-state index in [9.17, 15) is 4.79 Å². The smallest absolute Gasteiger partial charge is 0.289 e. The molecule has 25 heavy (non-hydrogen) atoms. The number of methoxy groups -OCH3 is 1. The molecule has 0 unspecified atom stereocenters. The topological polar surface area (TPSA) is 79.4 Å². The van der Waals surface area contributed by atoms with Crippen LogP contribution in [0, 0.1) is 0 Å². The Hall–Kier alpha value is -2.93. The molecule has 0 saturated heterocycles. The Labute approximate surface area is 153 Å². The van der Waals surface area contributed by atoms with Crippen LogP contribution in [0.1, 0.15) is 16.1 Å². The lowest BCUT2D eigenvalue weighted by atomic mass is 10.1. The number of H-pyrrole nitrogens is 1. The fourth-order valence-corrected chi connectivity index (χ4v) is 2.65. The maximum absolute atomic E-state index is 12.1. The number of nitrogens with zero attached hydrogens (tertiary/aromatic N) is 2. The highest BCUT2D eigenvalue weighted by Gasteiger charge is 2.11. The molecule has 0 spiro atoms. The summed E-state index contributed by atoms with van der Waals surface area (Å²) in [6.07, 6.45) is 1.56. The van der Waals surface area contributed by atoms with E-state index in [4.69, 9.17) is 4.74 Å². The molecule has 1 amide bonds. The average molecular weight is 399 g/mol. The lowest BCUT2D eigenvalue weighted by Gasteiger charge is -1.99. The number of ether oxygens (including phenoxy) is 1. The van der Waals surface area contributed by atoms with Gasteiger partial charge in [0.25, 0.3) is 5.91 Å². The highest BCUT2D eigenvalue weighted by molar-refractivity contribution is 9.10. The number of amides is 1. The summed E-state index contributed by atoms with van der Waals surface area (Å²) in [6.45, 7) is 0. The van der Waals surface area contributed by atoms with Gasteiger partial charge in [-0.3, -0.25) is 9.89 Å². The summed E-state index contributed by atoms with van der Waals surface area (Å²) in [5, 5.41) is 10.8. The van der Waals surface area contributed by atoms with Gasteiger partial charge in [-0.15, -0.1) is 0 Å². The van der Waals surface area contributed by atoms with Crippen molar-refractivity contribution in [3.05, 3.63) is 70.3 Å². The Balaban J connectivity index is 1.65. The third kappa shape index (κ3) is 4.13. The van der Waals surface area contributed by atoms with E-state index in [0.29, 0.717) is 11.4 Å². The lowest BCUT2D eigenvalue weighted by Crippen LogP contribution is -2.17. The van der Waals surface area contributed by atoms with Crippen LogP contribution in [-0.4, -0.2) is 29.4 Å². The molecule has 2 N–H and O–H groups in total. The zero-order valence-corrected chi connectivity index (χ0v) is 14.9. The maximum atomic E-state index is 12.1. The van der Waals surface area contributed by atoms with Crippen molar-refractivity contribution in [1.82, 2.24) is 15.6 Å². The third-order valence-electron chi connectivity index (χ3n) is 3.47. The summed E-state index contributed by atoms with van der Waals surface area (Å²) in [5.74, 6) is 0.397. The van der Waals surface area contributed by atoms with Gasteiger partial charge in [0, 0.05) is 10.0 Å². The predicted octanol–water partition coefficient (Wildman–Crippen LogP) is 3.61. The van der Waals surface area contributed by atoms with E-state index in [1.54, 1.807) is 19.4 Å². The Bertz CT molecular complexity index is 903. The minimum Gasteiger partial charge on any atom is -0.497 e. The molecule has 1 aromatic heterocycles. The SMILES string of the molecule is COc1ccc(C=NNC(=O)c2cc(-c3ccccc3Br)n[nH]2)cc1. The van der Waals surface area contributed by atoms with Gasteiger partial charge < -0.3 is 4.74 Å². The predicted molar refractivity (Wildman–Crippen MR) is 99.8 cm³/mol. The van der Waals surface area contributed by atoms with Gasteiger partial charge in [0.15, 0.2) is 0 Å². The van der Waals surface area contributed by atoms with Crippen molar-refractivity contribution in [2.24, 2.45) is 5.10 Å². The second-order valence-electron chi connectivity index (χ2n) is 5.12. The van der Waals surface area contributed by atoms with Crippen LogP contribution in [-0.2, 0) is 0 Å². The van der Waals surface area contributed by atoms with Gasteiger partial charge in [-0.05, 0) is 42.0 Å². The molecule has 0 atom stereocenters. The lowest BCUT2D eigenvalue weighted by molar-refractivity contribution is 0.0950. The monoisotopic (exact) mass is 398 g/mol. The first-order chi connectivity index (χ1) is 12.2. The number of carbonyl (C=O) groups is 1. The Morgan fingerprint density at radius 2 is 2.00 bits per heavy atom. The van der Waals surface area contributed by atoms with Gasteiger partial charge in [-0.1, -0.05) is 34.1 Å². The van der Waals surface area contributed by atoms with Gasteiger partial charge in [0.05, 0.1) is 19.0 Å². The minimum atomic E-state index is -0.365. The summed E-state index contributed by atoms with van der Waals surface area (Å²) in [5.41, 5.74) is 5.23. The van der Waals surface area contributed by atoms with Crippen LogP contribution < -0.4 is 10.2 Å². The summed E-state index contributed by atoms with van der Waals surface area (Å²) < 4.78 is 6.00. The van der Waals surface area contributed by atoms with E-state index >= 15 is 0 Å². The number of aromatic amines is 1. The van der Waals surface area contributed by atoms with E-state index in [2.05, 4.69) is 36.7 Å². The quantitative estimate of drug-likeness (QED) is 0.508. The summed E-state index contributed by atoms with van der Waals surface area (Å²) in [7, 11) is 1.61. The fourth-order valence-electron chi connectivity index (χ4n) is 2.16. The summed E-state index contributed by atoms with van der Waals surface area (Å²) >= 11 is 3.47. The highest BCUT2D eigenvalue weighted by Crippen LogP contribution is 2.26. The molecule has 0 aliphatic heterocycles. The van der Waals surface area contributed by atoms with Crippen LogP contribution in [0.3, 0.4) is 0 Å². The van der Waals surface area contributed by atoms with E-state index in [1.807, 2.05) is 48.5 Å². The highest BCUT2D eigenvalue weighted by atomic mass is 79.9. The van der Waals surface area contributed by atoms with Crippen molar-refractivity contribution in [3.63, 3.8) is 0 Å². The first kappa shape index (κ1) is 16.9. The molecule has 2 aromatic carbocycles. The Kier molecular flexibility index (Phi) is 5.25.